The van der Waals surface area contributed by atoms with Crippen LogP contribution in [-0.4, -0.2) is 62.1 Å². The first-order chi connectivity index (χ1) is 17.3. The van der Waals surface area contributed by atoms with Crippen molar-refractivity contribution in [3.8, 4) is 17.0 Å². The number of benzene rings is 1. The Hall–Kier alpha value is -3.41. The highest BCUT2D eigenvalue weighted by molar-refractivity contribution is 5.89. The number of aromatic nitrogens is 6. The lowest BCUT2D eigenvalue weighted by Gasteiger charge is -2.46. The summed E-state index contributed by atoms with van der Waals surface area (Å²) in [6, 6.07) is 5.43. The van der Waals surface area contributed by atoms with E-state index < -0.39 is 12.2 Å². The Morgan fingerprint density at radius 2 is 1.97 bits per heavy atom. The van der Waals surface area contributed by atoms with Crippen LogP contribution in [0, 0.1) is 5.41 Å². The van der Waals surface area contributed by atoms with E-state index in [1.165, 1.54) is 7.11 Å². The van der Waals surface area contributed by atoms with Gasteiger partial charge in [0.25, 0.3) is 0 Å². The van der Waals surface area contributed by atoms with Crippen LogP contribution < -0.4 is 10.1 Å². The molecule has 2 aliphatic rings. The van der Waals surface area contributed by atoms with E-state index in [0.717, 1.165) is 56.1 Å². The summed E-state index contributed by atoms with van der Waals surface area (Å²) >= 11 is 0. The van der Waals surface area contributed by atoms with Gasteiger partial charge in [0.2, 0.25) is 11.8 Å². The lowest BCUT2D eigenvalue weighted by atomic mass is 9.71. The molecule has 1 spiro atoms. The van der Waals surface area contributed by atoms with Crippen LogP contribution >= 0.6 is 0 Å². The molecule has 1 N–H and O–H groups in total. The quantitative estimate of drug-likeness (QED) is 0.426. The summed E-state index contributed by atoms with van der Waals surface area (Å²) in [5.41, 5.74) is 3.08. The zero-order chi connectivity index (χ0) is 25.1. The lowest BCUT2D eigenvalue weighted by molar-refractivity contribution is -0.164. The second-order valence-electron chi connectivity index (χ2n) is 9.83. The van der Waals surface area contributed by atoms with Gasteiger partial charge in [-0.25, -0.2) is 9.20 Å². The molecule has 1 aliphatic heterocycles. The van der Waals surface area contributed by atoms with Crippen molar-refractivity contribution in [2.45, 2.75) is 50.9 Å². The zero-order valence-corrected chi connectivity index (χ0v) is 19.9. The molecule has 1 saturated carbocycles. The summed E-state index contributed by atoms with van der Waals surface area (Å²) in [6.07, 6.45) is 1.66. The Morgan fingerprint density at radius 3 is 2.64 bits per heavy atom. The van der Waals surface area contributed by atoms with Crippen LogP contribution in [0.1, 0.15) is 38.6 Å². The number of halogens is 3. The summed E-state index contributed by atoms with van der Waals surface area (Å²) in [6.45, 7) is 2.78. The fraction of sp³-hybridized carbons (Fsp3) is 0.500. The van der Waals surface area contributed by atoms with E-state index in [4.69, 9.17) is 9.47 Å². The van der Waals surface area contributed by atoms with E-state index >= 15 is 0 Å². The predicted octanol–water partition coefficient (Wildman–Crippen LogP) is 4.64. The highest BCUT2D eigenvalue weighted by Gasteiger charge is 2.42. The molecular weight excluding hydrogens is 475 g/mol. The average Bonchev–Trinajstić information content (AvgIpc) is 3.46. The van der Waals surface area contributed by atoms with Gasteiger partial charge < -0.3 is 14.8 Å². The second-order valence-corrected chi connectivity index (χ2v) is 9.83. The molecule has 0 amide bonds. The van der Waals surface area contributed by atoms with Crippen molar-refractivity contribution >= 4 is 22.5 Å². The van der Waals surface area contributed by atoms with E-state index in [9.17, 15) is 13.2 Å². The number of hydrogen-bond donors (Lipinski definition) is 1. The molecule has 190 valence electrons. The second kappa shape index (κ2) is 8.32. The standard InChI is InChI=1S/C24H26F3N7O2/c1-14(24(25,26)27)34-19-11-15(3-4-18(19)30-32-34)17-7-10-33-20(17)21(35-2)29-22(31-33)28-16-5-8-23(9-6-16)12-36-13-23/h3-4,7,10-11,14,16H,5-6,8-9,12-13H2,1-2H3,(H,28,31)/t14-/m1/s1. The highest BCUT2D eigenvalue weighted by atomic mass is 19.4. The first kappa shape index (κ1) is 23.0. The molecule has 0 bridgehead atoms. The largest absolute Gasteiger partial charge is 0.479 e. The van der Waals surface area contributed by atoms with Crippen molar-refractivity contribution in [2.75, 3.05) is 25.6 Å². The molecule has 0 unspecified atom stereocenters. The summed E-state index contributed by atoms with van der Waals surface area (Å²) in [7, 11) is 1.54. The number of alkyl halides is 3. The molecule has 12 heteroatoms. The van der Waals surface area contributed by atoms with Crippen molar-refractivity contribution in [3.63, 3.8) is 0 Å². The third-order valence-corrected chi connectivity index (χ3v) is 7.49. The van der Waals surface area contributed by atoms with Crippen LogP contribution in [0.25, 0.3) is 27.7 Å². The molecule has 36 heavy (non-hydrogen) atoms. The molecule has 1 aromatic carbocycles. The van der Waals surface area contributed by atoms with Gasteiger partial charge in [-0.2, -0.15) is 18.2 Å². The third kappa shape index (κ3) is 3.83. The summed E-state index contributed by atoms with van der Waals surface area (Å²) in [5, 5.41) is 15.7. The minimum Gasteiger partial charge on any atom is -0.479 e. The Balaban J connectivity index is 1.32. The van der Waals surface area contributed by atoms with Gasteiger partial charge in [-0.15, -0.1) is 10.2 Å². The molecular formula is C24H26F3N7O2. The number of ether oxygens (including phenoxy) is 2. The Kier molecular flexibility index (Phi) is 5.32. The maximum absolute atomic E-state index is 13.3. The summed E-state index contributed by atoms with van der Waals surface area (Å²) < 4.78 is 53.7. The first-order valence-corrected chi connectivity index (χ1v) is 12.0. The minimum absolute atomic E-state index is 0.277. The Bertz CT molecular complexity index is 1420. The van der Waals surface area contributed by atoms with Crippen molar-refractivity contribution in [2.24, 2.45) is 5.41 Å². The van der Waals surface area contributed by atoms with Crippen LogP contribution in [-0.2, 0) is 4.74 Å². The number of fused-ring (bicyclic) bond motifs is 2. The molecule has 1 aliphatic carbocycles. The van der Waals surface area contributed by atoms with Crippen LogP contribution in [0.4, 0.5) is 19.1 Å². The molecule has 0 radical (unpaired) electrons. The third-order valence-electron chi connectivity index (χ3n) is 7.49. The monoisotopic (exact) mass is 501 g/mol. The summed E-state index contributed by atoms with van der Waals surface area (Å²) in [4.78, 5) is 4.60. The van der Waals surface area contributed by atoms with Gasteiger partial charge in [0, 0.05) is 23.2 Å². The van der Waals surface area contributed by atoms with Gasteiger partial charge >= 0.3 is 6.18 Å². The Morgan fingerprint density at radius 1 is 1.19 bits per heavy atom. The molecule has 3 aromatic heterocycles. The van der Waals surface area contributed by atoms with Gasteiger partial charge in [-0.05, 0) is 56.4 Å². The number of methoxy groups -OCH3 is 1. The van der Waals surface area contributed by atoms with Gasteiger partial charge in [-0.1, -0.05) is 11.3 Å². The molecule has 1 saturated heterocycles. The molecule has 1 atom stereocenters. The van der Waals surface area contributed by atoms with Crippen molar-refractivity contribution in [1.29, 1.82) is 0 Å². The number of rotatable bonds is 5. The maximum Gasteiger partial charge on any atom is 0.410 e. The fourth-order valence-corrected chi connectivity index (χ4v) is 5.19. The fourth-order valence-electron chi connectivity index (χ4n) is 5.19. The minimum atomic E-state index is -4.44. The van der Waals surface area contributed by atoms with Crippen LogP contribution in [0.3, 0.4) is 0 Å². The van der Waals surface area contributed by atoms with Crippen molar-refractivity contribution in [3.05, 3.63) is 30.5 Å². The highest BCUT2D eigenvalue weighted by Crippen LogP contribution is 2.43. The number of hydrogen-bond acceptors (Lipinski definition) is 7. The Labute approximate surface area is 204 Å². The first-order valence-electron chi connectivity index (χ1n) is 12.0. The van der Waals surface area contributed by atoms with E-state index in [1.807, 2.05) is 6.07 Å². The van der Waals surface area contributed by atoms with E-state index in [2.05, 4.69) is 25.7 Å². The zero-order valence-electron chi connectivity index (χ0n) is 19.9. The molecule has 4 heterocycles. The van der Waals surface area contributed by atoms with Gasteiger partial charge in [0.05, 0.1) is 25.8 Å². The topological polar surface area (TPSA) is 91.4 Å². The van der Waals surface area contributed by atoms with Crippen LogP contribution in [0.15, 0.2) is 30.5 Å². The van der Waals surface area contributed by atoms with E-state index in [-0.39, 0.29) is 6.04 Å². The molecule has 2 fully saturated rings. The van der Waals surface area contributed by atoms with E-state index in [1.54, 1.807) is 28.9 Å². The van der Waals surface area contributed by atoms with Crippen LogP contribution in [0.2, 0.25) is 0 Å². The van der Waals surface area contributed by atoms with Gasteiger partial charge in [-0.3, -0.25) is 0 Å². The normalized spacial score (nSPS) is 19.0. The average molecular weight is 502 g/mol. The summed E-state index contributed by atoms with van der Waals surface area (Å²) in [5.74, 6) is 0.853. The number of nitrogens with one attached hydrogen (secondary N) is 1. The number of anilines is 1. The molecule has 6 rings (SSSR count). The van der Waals surface area contributed by atoms with Gasteiger partial charge in [0.15, 0.2) is 0 Å². The van der Waals surface area contributed by atoms with Crippen molar-refractivity contribution < 1.29 is 22.6 Å². The van der Waals surface area contributed by atoms with Crippen LogP contribution in [0.5, 0.6) is 5.88 Å². The van der Waals surface area contributed by atoms with Crippen molar-refractivity contribution in [1.82, 2.24) is 29.6 Å². The SMILES string of the molecule is COc1nc(NC2CCC3(CC2)COC3)nn2ccc(-c3ccc4nnn([C@H](C)C(F)(F)F)c4c3)c12. The lowest BCUT2D eigenvalue weighted by Crippen LogP contribution is -2.47. The maximum atomic E-state index is 13.3. The van der Waals surface area contributed by atoms with E-state index in [0.29, 0.717) is 39.4 Å². The smallest absolute Gasteiger partial charge is 0.410 e. The predicted molar refractivity (Wildman–Crippen MR) is 126 cm³/mol. The number of nitrogens with zero attached hydrogens (tertiary/aromatic N) is 6. The molecule has 9 nitrogen and oxygen atoms in total. The van der Waals surface area contributed by atoms with Gasteiger partial charge in [0.1, 0.15) is 17.1 Å². The molecule has 4 aromatic rings.